The van der Waals surface area contributed by atoms with Crippen LogP contribution in [0.25, 0.3) is 0 Å². The molecule has 2 spiro atoms. The fourth-order valence-corrected chi connectivity index (χ4v) is 10.4. The van der Waals surface area contributed by atoms with Crippen LogP contribution in [-0.2, 0) is 35.5 Å². The molecule has 0 amide bonds. The molecule has 280 valence electrons. The van der Waals surface area contributed by atoms with Gasteiger partial charge >= 0.3 is 6.16 Å². The third-order valence-electron chi connectivity index (χ3n) is 13.5. The Hall–Kier alpha value is -1.99. The zero-order chi connectivity index (χ0) is 35.4. The van der Waals surface area contributed by atoms with Crippen LogP contribution in [0.15, 0.2) is 12.1 Å². The van der Waals surface area contributed by atoms with Crippen LogP contribution in [0, 0.1) is 22.7 Å². The minimum atomic E-state index is -1.23. The fraction of sp³-hybridized carbons (Fsp3) is 0.821. The first-order valence-electron chi connectivity index (χ1n) is 19.1. The Kier molecular flexibility index (Phi) is 10.0. The molecule has 4 saturated carbocycles. The van der Waals surface area contributed by atoms with E-state index in [1.54, 1.807) is 0 Å². The highest BCUT2D eigenvalue weighted by Crippen LogP contribution is 2.77. The number of aliphatic hydroxyl groups is 2. The van der Waals surface area contributed by atoms with E-state index in [2.05, 4.69) is 31.7 Å². The summed E-state index contributed by atoms with van der Waals surface area (Å²) in [6.45, 7) is 15.9. The van der Waals surface area contributed by atoms with E-state index in [-0.39, 0.29) is 24.5 Å². The number of fused-ring (bicyclic) bond motifs is 2. The summed E-state index contributed by atoms with van der Waals surface area (Å²) in [4.78, 5) is 15.7. The van der Waals surface area contributed by atoms with E-state index in [9.17, 15) is 15.0 Å². The monoisotopic (exact) mass is 701 g/mol. The molecule has 50 heavy (non-hydrogen) atoms. The van der Waals surface area contributed by atoms with E-state index in [0.29, 0.717) is 70.2 Å². The van der Waals surface area contributed by atoms with Gasteiger partial charge in [-0.15, -0.1) is 0 Å². The van der Waals surface area contributed by atoms with Crippen molar-refractivity contribution in [1.29, 1.82) is 0 Å². The Balaban J connectivity index is 1.04. The Labute approximate surface area is 297 Å². The second-order valence-corrected chi connectivity index (χ2v) is 16.8. The van der Waals surface area contributed by atoms with Crippen LogP contribution in [0.5, 0.6) is 11.5 Å². The van der Waals surface area contributed by atoms with Crippen LogP contribution < -0.4 is 9.47 Å². The third kappa shape index (κ3) is 5.96. The summed E-state index contributed by atoms with van der Waals surface area (Å²) < 4.78 is 39.9. The molecule has 8 rings (SSSR count). The summed E-state index contributed by atoms with van der Waals surface area (Å²) in [5.41, 5.74) is -1.04. The maximum Gasteiger partial charge on any atom is 0.514 e. The van der Waals surface area contributed by atoms with Crippen LogP contribution in [0.1, 0.15) is 84.3 Å². The van der Waals surface area contributed by atoms with Gasteiger partial charge in [0.1, 0.15) is 18.3 Å². The van der Waals surface area contributed by atoms with E-state index < -0.39 is 34.3 Å². The first kappa shape index (κ1) is 36.4. The predicted octanol–water partition coefficient (Wildman–Crippen LogP) is 4.66. The molecule has 2 N–H and O–H groups in total. The van der Waals surface area contributed by atoms with Gasteiger partial charge in [-0.25, -0.2) is 4.79 Å². The van der Waals surface area contributed by atoms with Gasteiger partial charge in [-0.1, -0.05) is 26.8 Å². The standard InChI is InChI=1S/C39H59NO10/c1-6-44-15-16-45-17-18-46-19-20-47-21-22-48-34(41)49-28-10-9-27-23-30-37-11-12-39(43,29(24-37)36(5,42)35(2,3)4)33-38(37,31(27)32(28)50-33)13-14-40(30)25-26-7-8-26/h9-10,26,29-30,33,42-43H,6-8,11-25H2,1-5H3/t29-,30-,33-,36+,37?,38?,39+/m1/s1. The Morgan fingerprint density at radius 2 is 1.60 bits per heavy atom. The zero-order valence-electron chi connectivity index (χ0n) is 30.8. The largest absolute Gasteiger partial charge is 0.514 e. The van der Waals surface area contributed by atoms with E-state index in [0.717, 1.165) is 50.3 Å². The summed E-state index contributed by atoms with van der Waals surface area (Å²) in [5.74, 6) is 1.30. The minimum absolute atomic E-state index is 0.0397. The smallest absolute Gasteiger partial charge is 0.482 e. The van der Waals surface area contributed by atoms with Gasteiger partial charge in [-0.2, -0.15) is 0 Å². The summed E-state index contributed by atoms with van der Waals surface area (Å²) in [6, 6.07) is 4.23. The summed E-state index contributed by atoms with van der Waals surface area (Å²) in [6.07, 6.45) is 5.25. The summed E-state index contributed by atoms with van der Waals surface area (Å²) in [5, 5.41) is 25.1. The van der Waals surface area contributed by atoms with Crippen molar-refractivity contribution in [2.75, 3.05) is 72.6 Å². The van der Waals surface area contributed by atoms with Crippen LogP contribution in [0.3, 0.4) is 0 Å². The maximum absolute atomic E-state index is 13.0. The van der Waals surface area contributed by atoms with Crippen molar-refractivity contribution in [3.8, 4) is 11.5 Å². The molecule has 7 atom stereocenters. The first-order chi connectivity index (χ1) is 23.9. The van der Waals surface area contributed by atoms with Crippen molar-refractivity contribution in [3.05, 3.63) is 23.3 Å². The van der Waals surface area contributed by atoms with Gasteiger partial charge in [0.15, 0.2) is 11.5 Å². The molecule has 1 aromatic rings. The topological polar surface area (TPSA) is 125 Å². The molecule has 0 aromatic heterocycles. The molecule has 2 unspecified atom stereocenters. The number of nitrogens with zero attached hydrogens (tertiary/aromatic N) is 1. The average molecular weight is 702 g/mol. The van der Waals surface area contributed by atoms with Crippen molar-refractivity contribution in [1.82, 2.24) is 4.90 Å². The highest BCUT2D eigenvalue weighted by molar-refractivity contribution is 5.70. The summed E-state index contributed by atoms with van der Waals surface area (Å²) >= 11 is 0. The molecule has 2 aliphatic heterocycles. The number of likely N-dealkylation sites (tertiary alicyclic amines) is 1. The molecular formula is C39H59NO10. The second-order valence-electron chi connectivity index (χ2n) is 16.8. The van der Waals surface area contributed by atoms with Crippen molar-refractivity contribution in [2.24, 2.45) is 22.7 Å². The van der Waals surface area contributed by atoms with Gasteiger partial charge in [0.25, 0.3) is 0 Å². The van der Waals surface area contributed by atoms with Crippen LogP contribution in [0.2, 0.25) is 0 Å². The van der Waals surface area contributed by atoms with Crippen LogP contribution in [-0.4, -0.2) is 117 Å². The molecule has 4 bridgehead atoms. The van der Waals surface area contributed by atoms with Gasteiger partial charge in [0.2, 0.25) is 0 Å². The minimum Gasteiger partial charge on any atom is -0.482 e. The number of benzene rings is 1. The van der Waals surface area contributed by atoms with Crippen LogP contribution >= 0.6 is 0 Å². The SMILES string of the molecule is CCOCCOCCOCCOCCOC(=O)Oc1ccc2c3c1O[C@@H]1C34CCN(CC3CC3)[C@H](C2)C42CC[C@]1(O)[C@@H]([C@](C)(O)C(C)(C)C)C2. The molecule has 1 aromatic carbocycles. The zero-order valence-corrected chi connectivity index (χ0v) is 30.8. The highest BCUT2D eigenvalue weighted by atomic mass is 16.7. The number of ether oxygens (including phenoxy) is 7. The van der Waals surface area contributed by atoms with E-state index in [1.165, 1.54) is 18.4 Å². The second kappa shape index (κ2) is 13.8. The van der Waals surface area contributed by atoms with Crippen molar-refractivity contribution < 1.29 is 48.2 Å². The molecular weight excluding hydrogens is 642 g/mol. The summed E-state index contributed by atoms with van der Waals surface area (Å²) in [7, 11) is 0. The number of carbonyl (C=O) groups is 1. The molecule has 5 fully saturated rings. The van der Waals surface area contributed by atoms with Crippen molar-refractivity contribution in [3.63, 3.8) is 0 Å². The molecule has 2 heterocycles. The average Bonchev–Trinajstić information content (AvgIpc) is 3.81. The van der Waals surface area contributed by atoms with Gasteiger partial charge in [0.05, 0.1) is 51.8 Å². The first-order valence-corrected chi connectivity index (χ1v) is 19.1. The Morgan fingerprint density at radius 1 is 0.940 bits per heavy atom. The quantitative estimate of drug-likeness (QED) is 0.134. The number of piperidine rings is 1. The number of hydrogen-bond acceptors (Lipinski definition) is 11. The van der Waals surface area contributed by atoms with Gasteiger partial charge in [-0.05, 0) is 88.3 Å². The Bertz CT molecular complexity index is 1390. The maximum atomic E-state index is 13.0. The molecule has 0 radical (unpaired) electrons. The van der Waals surface area contributed by atoms with Gasteiger partial charge in [-0.3, -0.25) is 4.90 Å². The molecule has 5 aliphatic carbocycles. The molecule has 1 saturated heterocycles. The van der Waals surface area contributed by atoms with Gasteiger partial charge in [0, 0.05) is 41.5 Å². The lowest BCUT2D eigenvalue weighted by atomic mass is 9.33. The lowest BCUT2D eigenvalue weighted by Gasteiger charge is -2.75. The fourth-order valence-electron chi connectivity index (χ4n) is 10.4. The normalized spacial score (nSPS) is 33.5. The molecule has 11 nitrogen and oxygen atoms in total. The number of hydrogen-bond donors (Lipinski definition) is 2. The lowest BCUT2D eigenvalue weighted by molar-refractivity contribution is -0.305. The molecule has 7 aliphatic rings. The van der Waals surface area contributed by atoms with E-state index in [4.69, 9.17) is 33.2 Å². The lowest BCUT2D eigenvalue weighted by Crippen LogP contribution is -2.82. The number of rotatable bonds is 17. The number of carbonyl (C=O) groups excluding carboxylic acids is 1. The van der Waals surface area contributed by atoms with Gasteiger partial charge < -0.3 is 43.4 Å². The van der Waals surface area contributed by atoms with Crippen LogP contribution in [0.4, 0.5) is 4.79 Å². The third-order valence-corrected chi connectivity index (χ3v) is 13.5. The highest BCUT2D eigenvalue weighted by Gasteiger charge is 2.82. The van der Waals surface area contributed by atoms with E-state index in [1.807, 2.05) is 19.9 Å². The van der Waals surface area contributed by atoms with Crippen molar-refractivity contribution >= 4 is 6.16 Å². The van der Waals surface area contributed by atoms with Crippen molar-refractivity contribution in [2.45, 2.75) is 108 Å². The predicted molar refractivity (Wildman–Crippen MR) is 185 cm³/mol. The Morgan fingerprint density at radius 3 is 2.24 bits per heavy atom. The van der Waals surface area contributed by atoms with E-state index >= 15 is 0 Å². The molecule has 11 heteroatoms.